The van der Waals surface area contributed by atoms with Crippen molar-refractivity contribution in [3.8, 4) is 0 Å². The molecule has 1 rings (SSSR count). The number of carbonyl (C=O) groups is 1. The van der Waals surface area contributed by atoms with Crippen LogP contribution in [0.3, 0.4) is 0 Å². The highest BCUT2D eigenvalue weighted by Crippen LogP contribution is 2.06. The number of carbonyl (C=O) groups excluding carboxylic acids is 1. The van der Waals surface area contributed by atoms with Crippen molar-refractivity contribution in [2.24, 2.45) is 10.7 Å². The lowest BCUT2D eigenvalue weighted by atomic mass is 10.1. The van der Waals surface area contributed by atoms with E-state index in [0.717, 1.165) is 38.2 Å². The molecule has 0 aliphatic rings. The van der Waals surface area contributed by atoms with E-state index >= 15 is 0 Å². The van der Waals surface area contributed by atoms with Gasteiger partial charge in [-0.1, -0.05) is 19.1 Å². The first-order valence-corrected chi connectivity index (χ1v) is 8.58. The number of rotatable bonds is 10. The molecule has 1 atom stereocenters. The van der Waals surface area contributed by atoms with Crippen LogP contribution >= 0.6 is 24.0 Å². The summed E-state index contributed by atoms with van der Waals surface area (Å²) in [5.74, 6) is 0.375. The van der Waals surface area contributed by atoms with Gasteiger partial charge in [0.05, 0.1) is 6.54 Å². The maximum absolute atomic E-state index is 12.0. The number of hydrogen-bond acceptors (Lipinski definition) is 3. The van der Waals surface area contributed by atoms with Gasteiger partial charge in [0.25, 0.3) is 5.91 Å². The number of hydrogen-bond donors (Lipinski definition) is 3. The molecule has 0 aromatic heterocycles. The van der Waals surface area contributed by atoms with Crippen molar-refractivity contribution in [2.75, 3.05) is 19.8 Å². The quantitative estimate of drug-likeness (QED) is 0.216. The van der Waals surface area contributed by atoms with E-state index in [9.17, 15) is 4.79 Å². The topological polar surface area (TPSA) is 88.7 Å². The molecule has 0 spiro atoms. The van der Waals surface area contributed by atoms with Gasteiger partial charge in [0.15, 0.2) is 5.96 Å². The Bertz CT molecular complexity index is 520. The molecule has 1 aromatic rings. The first-order valence-electron chi connectivity index (χ1n) is 8.58. The molecule has 0 bridgehead atoms. The van der Waals surface area contributed by atoms with Gasteiger partial charge in [-0.15, -0.1) is 24.0 Å². The van der Waals surface area contributed by atoms with Crippen molar-refractivity contribution in [2.45, 2.75) is 46.2 Å². The second-order valence-electron chi connectivity index (χ2n) is 5.66. The summed E-state index contributed by atoms with van der Waals surface area (Å²) in [5, 5.41) is 6.00. The Balaban J connectivity index is 0.00000576. The van der Waals surface area contributed by atoms with E-state index in [4.69, 9.17) is 10.5 Å². The van der Waals surface area contributed by atoms with Crippen LogP contribution in [0.25, 0.3) is 0 Å². The molecule has 6 nitrogen and oxygen atoms in total. The van der Waals surface area contributed by atoms with Crippen molar-refractivity contribution in [3.63, 3.8) is 0 Å². The number of nitrogens with two attached hydrogens (primary N) is 1. The van der Waals surface area contributed by atoms with Crippen LogP contribution in [0.1, 0.15) is 49.5 Å². The molecule has 0 aliphatic carbocycles. The SMILES string of the molecule is CCOCCCNC(N)=NCc1ccc(C(=O)NC(C)CC)cc1.I. The summed E-state index contributed by atoms with van der Waals surface area (Å²) in [7, 11) is 0. The number of benzene rings is 1. The standard InChI is InChI=1S/C18H30N4O2.HI/c1-4-14(3)22-17(23)16-9-7-15(8-10-16)13-21-18(19)20-11-6-12-24-5-2;/h7-10,14H,4-6,11-13H2,1-3H3,(H,22,23)(H3,19,20,21);1H. The van der Waals surface area contributed by atoms with E-state index in [-0.39, 0.29) is 35.9 Å². The molecular formula is C18H31IN4O2. The Labute approximate surface area is 168 Å². The van der Waals surface area contributed by atoms with Crippen LogP contribution in [0, 0.1) is 0 Å². The lowest BCUT2D eigenvalue weighted by Crippen LogP contribution is -2.32. The van der Waals surface area contributed by atoms with Gasteiger partial charge in [0.1, 0.15) is 0 Å². The minimum atomic E-state index is -0.0464. The molecule has 142 valence electrons. The molecule has 1 amide bonds. The zero-order valence-electron chi connectivity index (χ0n) is 15.4. The van der Waals surface area contributed by atoms with E-state index in [0.29, 0.717) is 18.1 Å². The third-order valence-electron chi connectivity index (χ3n) is 3.61. The number of amides is 1. The van der Waals surface area contributed by atoms with Gasteiger partial charge >= 0.3 is 0 Å². The molecule has 4 N–H and O–H groups in total. The minimum Gasteiger partial charge on any atom is -0.382 e. The fraction of sp³-hybridized carbons (Fsp3) is 0.556. The molecule has 0 fully saturated rings. The molecule has 25 heavy (non-hydrogen) atoms. The highest BCUT2D eigenvalue weighted by atomic mass is 127. The first kappa shape index (κ1) is 23.6. The van der Waals surface area contributed by atoms with Gasteiger partial charge < -0.3 is 21.1 Å². The lowest BCUT2D eigenvalue weighted by Gasteiger charge is -2.11. The lowest BCUT2D eigenvalue weighted by molar-refractivity contribution is 0.0939. The van der Waals surface area contributed by atoms with E-state index < -0.39 is 0 Å². The predicted octanol–water partition coefficient (Wildman–Crippen LogP) is 2.66. The van der Waals surface area contributed by atoms with Crippen LogP contribution in [0.5, 0.6) is 0 Å². The summed E-state index contributed by atoms with van der Waals surface area (Å²) in [5.41, 5.74) is 7.48. The van der Waals surface area contributed by atoms with Crippen LogP contribution in [-0.2, 0) is 11.3 Å². The Morgan fingerprint density at radius 1 is 1.28 bits per heavy atom. The van der Waals surface area contributed by atoms with Gasteiger partial charge in [-0.05, 0) is 44.4 Å². The largest absolute Gasteiger partial charge is 0.382 e. The van der Waals surface area contributed by atoms with Crippen LogP contribution in [-0.4, -0.2) is 37.7 Å². The molecular weight excluding hydrogens is 431 g/mol. The number of nitrogens with one attached hydrogen (secondary N) is 2. The third kappa shape index (κ3) is 10.3. The zero-order valence-corrected chi connectivity index (χ0v) is 17.7. The monoisotopic (exact) mass is 462 g/mol. The van der Waals surface area contributed by atoms with E-state index in [1.165, 1.54) is 0 Å². The first-order chi connectivity index (χ1) is 11.6. The zero-order chi connectivity index (χ0) is 17.8. The molecule has 0 saturated heterocycles. The molecule has 1 unspecified atom stereocenters. The smallest absolute Gasteiger partial charge is 0.251 e. The molecule has 0 heterocycles. The highest BCUT2D eigenvalue weighted by Gasteiger charge is 2.07. The van der Waals surface area contributed by atoms with Gasteiger partial charge in [0.2, 0.25) is 0 Å². The summed E-state index contributed by atoms with van der Waals surface area (Å²) in [6.45, 7) is 8.68. The van der Waals surface area contributed by atoms with Crippen molar-refractivity contribution in [3.05, 3.63) is 35.4 Å². The number of aliphatic imine (C=N–C) groups is 1. The maximum Gasteiger partial charge on any atom is 0.251 e. The van der Waals surface area contributed by atoms with Crippen molar-refractivity contribution in [1.29, 1.82) is 0 Å². The Morgan fingerprint density at radius 2 is 1.96 bits per heavy atom. The van der Waals surface area contributed by atoms with Gasteiger partial charge in [-0.25, -0.2) is 4.99 Å². The molecule has 0 aliphatic heterocycles. The number of guanidine groups is 1. The third-order valence-corrected chi connectivity index (χ3v) is 3.61. The fourth-order valence-electron chi connectivity index (χ4n) is 1.94. The fourth-order valence-corrected chi connectivity index (χ4v) is 1.94. The second-order valence-corrected chi connectivity index (χ2v) is 5.66. The summed E-state index contributed by atoms with van der Waals surface area (Å²) < 4.78 is 5.25. The molecule has 0 saturated carbocycles. The number of halogens is 1. The Morgan fingerprint density at radius 3 is 2.56 bits per heavy atom. The normalized spacial score (nSPS) is 12.2. The number of ether oxygens (including phenoxy) is 1. The molecule has 0 radical (unpaired) electrons. The maximum atomic E-state index is 12.0. The second kappa shape index (κ2) is 13.9. The van der Waals surface area contributed by atoms with Gasteiger partial charge in [-0.2, -0.15) is 0 Å². The summed E-state index contributed by atoms with van der Waals surface area (Å²) in [6, 6.07) is 7.60. The van der Waals surface area contributed by atoms with Gasteiger partial charge in [0, 0.05) is 31.4 Å². The average Bonchev–Trinajstić information content (AvgIpc) is 2.60. The van der Waals surface area contributed by atoms with E-state index in [2.05, 4.69) is 15.6 Å². The average molecular weight is 462 g/mol. The van der Waals surface area contributed by atoms with E-state index in [1.807, 2.05) is 45.0 Å². The van der Waals surface area contributed by atoms with Crippen molar-refractivity contribution in [1.82, 2.24) is 10.6 Å². The van der Waals surface area contributed by atoms with Gasteiger partial charge in [-0.3, -0.25) is 4.79 Å². The predicted molar refractivity (Wildman–Crippen MR) is 114 cm³/mol. The summed E-state index contributed by atoms with van der Waals surface area (Å²) in [4.78, 5) is 16.3. The van der Waals surface area contributed by atoms with Crippen LogP contribution in [0.2, 0.25) is 0 Å². The van der Waals surface area contributed by atoms with Crippen LogP contribution < -0.4 is 16.4 Å². The Kier molecular flexibility index (Phi) is 13.1. The van der Waals surface area contributed by atoms with Crippen LogP contribution in [0.15, 0.2) is 29.3 Å². The van der Waals surface area contributed by atoms with Crippen LogP contribution in [0.4, 0.5) is 0 Å². The Hall–Kier alpha value is -1.35. The van der Waals surface area contributed by atoms with E-state index in [1.54, 1.807) is 0 Å². The van der Waals surface area contributed by atoms with Crippen molar-refractivity contribution < 1.29 is 9.53 Å². The minimum absolute atomic E-state index is 0. The molecule has 7 heteroatoms. The highest BCUT2D eigenvalue weighted by molar-refractivity contribution is 14.0. The molecule has 1 aromatic carbocycles. The number of nitrogens with zero attached hydrogens (tertiary/aromatic N) is 1. The summed E-state index contributed by atoms with van der Waals surface area (Å²) >= 11 is 0. The summed E-state index contributed by atoms with van der Waals surface area (Å²) in [6.07, 6.45) is 1.80. The van der Waals surface area contributed by atoms with Crippen molar-refractivity contribution >= 4 is 35.8 Å².